The summed E-state index contributed by atoms with van der Waals surface area (Å²) in [7, 11) is 0. The predicted molar refractivity (Wildman–Crippen MR) is 95.5 cm³/mol. The van der Waals surface area contributed by atoms with Crippen molar-refractivity contribution in [2.75, 3.05) is 0 Å². The fourth-order valence-corrected chi connectivity index (χ4v) is 7.66. The number of hydrogen-bond donors (Lipinski definition) is 0. The molecule has 2 nitrogen and oxygen atoms in total. The molecular formula is C22H34O2. The minimum atomic E-state index is -0.0269. The van der Waals surface area contributed by atoms with Crippen LogP contribution in [0, 0.1) is 40.4 Å². The van der Waals surface area contributed by atoms with Crippen molar-refractivity contribution in [1.82, 2.24) is 0 Å². The van der Waals surface area contributed by atoms with Crippen molar-refractivity contribution in [1.29, 1.82) is 0 Å². The standard InChI is InChI=1S/C22H34O2/c1-4-5-14-12-15-13-16(23)8-10-21(15,2)18-9-11-22(3)17(20(14)18)6-7-19(22)24/h14-15,17-18,20H,4-13H2,1-3H3/t14?,15?,17-,18+,20-,21-,22-/m0/s1. The van der Waals surface area contributed by atoms with Crippen molar-refractivity contribution in [2.24, 2.45) is 40.4 Å². The van der Waals surface area contributed by atoms with Gasteiger partial charge in [0, 0.05) is 24.7 Å². The molecule has 4 fully saturated rings. The first-order chi connectivity index (χ1) is 11.4. The van der Waals surface area contributed by atoms with Gasteiger partial charge in [-0.25, -0.2) is 0 Å². The van der Waals surface area contributed by atoms with Crippen LogP contribution in [-0.2, 0) is 9.59 Å². The largest absolute Gasteiger partial charge is 0.300 e. The van der Waals surface area contributed by atoms with Gasteiger partial charge in [-0.1, -0.05) is 33.6 Å². The molecule has 0 spiro atoms. The van der Waals surface area contributed by atoms with E-state index < -0.39 is 0 Å². The van der Waals surface area contributed by atoms with Gasteiger partial charge in [-0.2, -0.15) is 0 Å². The lowest BCUT2D eigenvalue weighted by atomic mass is 9.42. The first kappa shape index (κ1) is 16.8. The van der Waals surface area contributed by atoms with Crippen LogP contribution < -0.4 is 0 Å². The summed E-state index contributed by atoms with van der Waals surface area (Å²) in [4.78, 5) is 24.7. The molecule has 4 aliphatic carbocycles. The molecule has 0 amide bonds. The molecule has 0 heterocycles. The Balaban J connectivity index is 1.71. The molecule has 4 rings (SSSR count). The van der Waals surface area contributed by atoms with Crippen LogP contribution >= 0.6 is 0 Å². The molecule has 0 N–H and O–H groups in total. The molecule has 0 aromatic carbocycles. The SMILES string of the molecule is CCCC1CC2CC(=O)CC[C@]2(C)[C@@H]2CC[C@]3(C)C(=O)CC[C@H]3[C@H]12. The third-order valence-electron chi connectivity index (χ3n) is 9.03. The van der Waals surface area contributed by atoms with E-state index in [2.05, 4.69) is 20.8 Å². The Hall–Kier alpha value is -0.660. The molecule has 0 aliphatic heterocycles. The number of Topliss-reactive ketones (excluding diaryl/α,β-unsaturated/α-hetero) is 2. The maximum Gasteiger partial charge on any atom is 0.139 e. The average molecular weight is 331 g/mol. The van der Waals surface area contributed by atoms with Gasteiger partial charge in [0.15, 0.2) is 0 Å². The van der Waals surface area contributed by atoms with Gasteiger partial charge in [-0.3, -0.25) is 9.59 Å². The number of fused-ring (bicyclic) bond motifs is 5. The summed E-state index contributed by atoms with van der Waals surface area (Å²) in [6.07, 6.45) is 10.8. The molecule has 134 valence electrons. The zero-order chi connectivity index (χ0) is 17.1. The fraction of sp³-hybridized carbons (Fsp3) is 0.909. The van der Waals surface area contributed by atoms with E-state index in [1.54, 1.807) is 0 Å². The van der Waals surface area contributed by atoms with E-state index in [1.807, 2.05) is 0 Å². The second-order valence-electron chi connectivity index (χ2n) is 9.94. The van der Waals surface area contributed by atoms with Crippen molar-refractivity contribution >= 4 is 11.6 Å². The molecule has 0 aromatic rings. The van der Waals surface area contributed by atoms with Gasteiger partial charge in [0.2, 0.25) is 0 Å². The van der Waals surface area contributed by atoms with Crippen molar-refractivity contribution < 1.29 is 9.59 Å². The first-order valence-corrected chi connectivity index (χ1v) is 10.4. The number of carbonyl (C=O) groups is 2. The summed E-state index contributed by atoms with van der Waals surface area (Å²) in [5, 5.41) is 0. The normalized spacial score (nSPS) is 51.0. The maximum absolute atomic E-state index is 12.6. The Morgan fingerprint density at radius 3 is 2.58 bits per heavy atom. The highest BCUT2D eigenvalue weighted by molar-refractivity contribution is 5.87. The molecule has 7 atom stereocenters. The summed E-state index contributed by atoms with van der Waals surface area (Å²) in [6, 6.07) is 0. The minimum Gasteiger partial charge on any atom is -0.300 e. The Bertz CT molecular complexity index is 552. The maximum atomic E-state index is 12.6. The van der Waals surface area contributed by atoms with Gasteiger partial charge in [0.25, 0.3) is 0 Å². The first-order valence-electron chi connectivity index (χ1n) is 10.4. The van der Waals surface area contributed by atoms with Gasteiger partial charge in [-0.15, -0.1) is 0 Å². The van der Waals surface area contributed by atoms with Crippen LogP contribution in [-0.4, -0.2) is 11.6 Å². The molecule has 2 unspecified atom stereocenters. The lowest BCUT2D eigenvalue weighted by molar-refractivity contribution is -0.154. The Morgan fingerprint density at radius 2 is 1.83 bits per heavy atom. The van der Waals surface area contributed by atoms with E-state index in [4.69, 9.17) is 0 Å². The van der Waals surface area contributed by atoms with Crippen LogP contribution in [0.3, 0.4) is 0 Å². The van der Waals surface area contributed by atoms with Crippen molar-refractivity contribution in [3.63, 3.8) is 0 Å². The number of rotatable bonds is 2. The highest BCUT2D eigenvalue weighted by Crippen LogP contribution is 2.67. The Morgan fingerprint density at radius 1 is 1.04 bits per heavy atom. The molecule has 4 aliphatic rings. The van der Waals surface area contributed by atoms with E-state index in [-0.39, 0.29) is 5.41 Å². The zero-order valence-corrected chi connectivity index (χ0v) is 15.8. The van der Waals surface area contributed by atoms with Gasteiger partial charge in [0.1, 0.15) is 11.6 Å². The second kappa shape index (κ2) is 5.68. The van der Waals surface area contributed by atoms with E-state index in [0.717, 1.165) is 56.3 Å². The topological polar surface area (TPSA) is 34.1 Å². The molecule has 0 bridgehead atoms. The van der Waals surface area contributed by atoms with Crippen molar-refractivity contribution in [2.45, 2.75) is 85.0 Å². The van der Waals surface area contributed by atoms with Crippen LogP contribution in [0.2, 0.25) is 0 Å². The molecule has 2 heteroatoms. The Labute approximate surface area is 147 Å². The molecular weight excluding hydrogens is 296 g/mol. The second-order valence-corrected chi connectivity index (χ2v) is 9.94. The van der Waals surface area contributed by atoms with Gasteiger partial charge in [0.05, 0.1) is 0 Å². The molecule has 24 heavy (non-hydrogen) atoms. The fourth-order valence-electron chi connectivity index (χ4n) is 7.66. The molecule has 0 aromatic heterocycles. The van der Waals surface area contributed by atoms with Gasteiger partial charge < -0.3 is 0 Å². The third kappa shape index (κ3) is 2.20. The quantitative estimate of drug-likeness (QED) is 0.698. The van der Waals surface area contributed by atoms with Crippen LogP contribution in [0.15, 0.2) is 0 Å². The summed E-state index contributed by atoms with van der Waals surface area (Å²) in [5.41, 5.74) is 0.330. The van der Waals surface area contributed by atoms with Gasteiger partial charge in [-0.05, 0) is 67.1 Å². The molecule has 0 radical (unpaired) electrons. The average Bonchev–Trinajstić information content (AvgIpc) is 2.85. The lowest BCUT2D eigenvalue weighted by Crippen LogP contribution is -2.56. The van der Waals surface area contributed by atoms with Crippen LogP contribution in [0.4, 0.5) is 0 Å². The summed E-state index contributed by atoms with van der Waals surface area (Å²) in [6.45, 7) is 7.09. The van der Waals surface area contributed by atoms with E-state index in [0.29, 0.717) is 28.8 Å². The lowest BCUT2D eigenvalue weighted by Gasteiger charge is -2.62. The zero-order valence-electron chi connectivity index (χ0n) is 15.8. The molecule has 0 saturated heterocycles. The highest BCUT2D eigenvalue weighted by Gasteiger charge is 2.62. The predicted octanol–water partition coefficient (Wildman–Crippen LogP) is 5.19. The van der Waals surface area contributed by atoms with E-state index in [1.165, 1.54) is 25.7 Å². The summed E-state index contributed by atoms with van der Waals surface area (Å²) >= 11 is 0. The summed E-state index contributed by atoms with van der Waals surface area (Å²) < 4.78 is 0. The van der Waals surface area contributed by atoms with E-state index in [9.17, 15) is 9.59 Å². The minimum absolute atomic E-state index is 0.0269. The van der Waals surface area contributed by atoms with Crippen LogP contribution in [0.1, 0.15) is 85.0 Å². The highest BCUT2D eigenvalue weighted by atomic mass is 16.1. The van der Waals surface area contributed by atoms with E-state index >= 15 is 0 Å². The third-order valence-corrected chi connectivity index (χ3v) is 9.03. The van der Waals surface area contributed by atoms with Crippen LogP contribution in [0.25, 0.3) is 0 Å². The molecule has 4 saturated carbocycles. The smallest absolute Gasteiger partial charge is 0.139 e. The summed E-state index contributed by atoms with van der Waals surface area (Å²) in [5.74, 6) is 4.53. The van der Waals surface area contributed by atoms with Crippen molar-refractivity contribution in [3.05, 3.63) is 0 Å². The van der Waals surface area contributed by atoms with Gasteiger partial charge >= 0.3 is 0 Å². The monoisotopic (exact) mass is 330 g/mol. The Kier molecular flexibility index (Phi) is 3.97. The number of hydrogen-bond acceptors (Lipinski definition) is 2. The van der Waals surface area contributed by atoms with Crippen molar-refractivity contribution in [3.8, 4) is 0 Å². The number of carbonyl (C=O) groups excluding carboxylic acids is 2. The number of ketones is 2. The van der Waals surface area contributed by atoms with Crippen LogP contribution in [0.5, 0.6) is 0 Å².